The number of rotatable bonds is 9. The molecule has 0 saturated heterocycles. The maximum absolute atomic E-state index is 13.2. The second-order valence-electron chi connectivity index (χ2n) is 8.61. The van der Waals surface area contributed by atoms with Crippen molar-refractivity contribution in [2.24, 2.45) is 0 Å². The molecule has 2 amide bonds. The largest absolute Gasteiger partial charge is 0.352 e. The normalized spacial score (nSPS) is 15.2. The van der Waals surface area contributed by atoms with Gasteiger partial charge in [-0.25, -0.2) is 0 Å². The van der Waals surface area contributed by atoms with Crippen LogP contribution in [0.15, 0.2) is 48.5 Å². The summed E-state index contributed by atoms with van der Waals surface area (Å²) < 4.78 is 0. The Bertz CT molecular complexity index is 914. The van der Waals surface area contributed by atoms with Crippen LogP contribution in [-0.2, 0) is 21.9 Å². The van der Waals surface area contributed by atoms with Gasteiger partial charge in [0.15, 0.2) is 0 Å². The summed E-state index contributed by atoms with van der Waals surface area (Å²) in [7, 11) is 0. The molecule has 3 rings (SSSR count). The molecule has 1 aliphatic rings. The minimum Gasteiger partial charge on any atom is -0.352 e. The zero-order valence-electron chi connectivity index (χ0n) is 19.0. The average molecular weight is 473 g/mol. The van der Waals surface area contributed by atoms with Crippen molar-refractivity contribution in [2.45, 2.75) is 70.3 Å². The van der Waals surface area contributed by atoms with Crippen LogP contribution in [0.2, 0.25) is 5.02 Å². The third-order valence-corrected chi connectivity index (χ3v) is 7.33. The number of benzene rings is 2. The predicted octanol–water partition coefficient (Wildman–Crippen LogP) is 5.75. The first kappa shape index (κ1) is 24.7. The van der Waals surface area contributed by atoms with E-state index >= 15 is 0 Å². The standard InChI is InChI=1S/C26H33ClN2O2S/c1-19-9-8-10-21(15-19)16-29(20(2)26(31)28-23-12-4-3-5-13-23)25(30)18-32-17-22-11-6-7-14-24(22)27/h6-11,14-15,20,23H,3-5,12-13,16-18H2,1-2H3,(H,28,31)/t20-/m0/s1. The van der Waals surface area contributed by atoms with Gasteiger partial charge in [-0.15, -0.1) is 11.8 Å². The molecule has 2 aromatic carbocycles. The zero-order valence-corrected chi connectivity index (χ0v) is 20.6. The van der Waals surface area contributed by atoms with Crippen molar-refractivity contribution in [3.63, 3.8) is 0 Å². The second kappa shape index (κ2) is 12.3. The molecule has 1 atom stereocenters. The SMILES string of the molecule is Cc1cccc(CN(C(=O)CSCc2ccccc2Cl)[C@@H](C)C(=O)NC2CCCCC2)c1. The fraction of sp³-hybridized carbons (Fsp3) is 0.462. The van der Waals surface area contributed by atoms with Gasteiger partial charge in [0.25, 0.3) is 0 Å². The molecule has 1 N–H and O–H groups in total. The molecule has 2 aromatic rings. The topological polar surface area (TPSA) is 49.4 Å². The van der Waals surface area contributed by atoms with Gasteiger partial charge in [0.05, 0.1) is 5.75 Å². The third-order valence-electron chi connectivity index (χ3n) is 6.00. The Morgan fingerprint density at radius 2 is 1.88 bits per heavy atom. The van der Waals surface area contributed by atoms with Crippen LogP contribution in [0.25, 0.3) is 0 Å². The molecular weight excluding hydrogens is 440 g/mol. The monoisotopic (exact) mass is 472 g/mol. The molecule has 0 unspecified atom stereocenters. The Morgan fingerprint density at radius 3 is 2.59 bits per heavy atom. The zero-order chi connectivity index (χ0) is 22.9. The van der Waals surface area contributed by atoms with E-state index in [1.807, 2.05) is 56.3 Å². The summed E-state index contributed by atoms with van der Waals surface area (Å²) in [4.78, 5) is 28.0. The van der Waals surface area contributed by atoms with Crippen LogP contribution < -0.4 is 5.32 Å². The molecule has 4 nitrogen and oxygen atoms in total. The fourth-order valence-electron chi connectivity index (χ4n) is 4.11. The van der Waals surface area contributed by atoms with E-state index in [0.717, 1.165) is 42.4 Å². The van der Waals surface area contributed by atoms with E-state index in [9.17, 15) is 9.59 Å². The van der Waals surface area contributed by atoms with Gasteiger partial charge < -0.3 is 10.2 Å². The van der Waals surface area contributed by atoms with E-state index in [0.29, 0.717) is 23.1 Å². The number of hydrogen-bond donors (Lipinski definition) is 1. The van der Waals surface area contributed by atoms with E-state index in [1.165, 1.54) is 18.2 Å². The van der Waals surface area contributed by atoms with E-state index in [4.69, 9.17) is 11.6 Å². The van der Waals surface area contributed by atoms with Crippen LogP contribution in [0.5, 0.6) is 0 Å². The Morgan fingerprint density at radius 1 is 1.12 bits per heavy atom. The number of hydrogen-bond acceptors (Lipinski definition) is 3. The summed E-state index contributed by atoms with van der Waals surface area (Å²) in [5.74, 6) is 0.869. The number of carbonyl (C=O) groups is 2. The molecule has 0 bridgehead atoms. The number of amides is 2. The first-order valence-corrected chi connectivity index (χ1v) is 12.9. The quantitative estimate of drug-likeness (QED) is 0.505. The second-order valence-corrected chi connectivity index (χ2v) is 10.0. The highest BCUT2D eigenvalue weighted by atomic mass is 35.5. The first-order valence-electron chi connectivity index (χ1n) is 11.4. The van der Waals surface area contributed by atoms with Gasteiger partial charge in [-0.05, 0) is 43.9 Å². The summed E-state index contributed by atoms with van der Waals surface area (Å²) in [5, 5.41) is 3.90. The molecule has 0 radical (unpaired) electrons. The molecule has 1 saturated carbocycles. The highest BCUT2D eigenvalue weighted by Gasteiger charge is 2.28. The summed E-state index contributed by atoms with van der Waals surface area (Å²) in [5.41, 5.74) is 3.19. The summed E-state index contributed by atoms with van der Waals surface area (Å²) >= 11 is 7.78. The lowest BCUT2D eigenvalue weighted by atomic mass is 9.95. The van der Waals surface area contributed by atoms with Crippen molar-refractivity contribution in [1.29, 1.82) is 0 Å². The van der Waals surface area contributed by atoms with Gasteiger partial charge >= 0.3 is 0 Å². The summed E-state index contributed by atoms with van der Waals surface area (Å²) in [6.07, 6.45) is 5.60. The lowest BCUT2D eigenvalue weighted by Crippen LogP contribution is -2.50. The maximum Gasteiger partial charge on any atom is 0.242 e. The maximum atomic E-state index is 13.2. The van der Waals surface area contributed by atoms with E-state index in [1.54, 1.807) is 4.90 Å². The lowest BCUT2D eigenvalue weighted by molar-refractivity contribution is -0.139. The van der Waals surface area contributed by atoms with Crippen molar-refractivity contribution < 1.29 is 9.59 Å². The van der Waals surface area contributed by atoms with Crippen LogP contribution in [-0.4, -0.2) is 34.6 Å². The van der Waals surface area contributed by atoms with Crippen LogP contribution >= 0.6 is 23.4 Å². The number of carbonyl (C=O) groups excluding carboxylic acids is 2. The van der Waals surface area contributed by atoms with Crippen molar-refractivity contribution in [1.82, 2.24) is 10.2 Å². The average Bonchev–Trinajstić information content (AvgIpc) is 2.79. The molecule has 172 valence electrons. The van der Waals surface area contributed by atoms with E-state index < -0.39 is 6.04 Å². The van der Waals surface area contributed by atoms with Crippen molar-refractivity contribution >= 4 is 35.2 Å². The van der Waals surface area contributed by atoms with Gasteiger partial charge in [0.2, 0.25) is 11.8 Å². The first-order chi connectivity index (χ1) is 15.4. The van der Waals surface area contributed by atoms with Gasteiger partial charge in [-0.3, -0.25) is 9.59 Å². The van der Waals surface area contributed by atoms with Gasteiger partial charge in [0, 0.05) is 23.4 Å². The number of thioether (sulfide) groups is 1. The van der Waals surface area contributed by atoms with Crippen LogP contribution in [0, 0.1) is 6.92 Å². The highest BCUT2D eigenvalue weighted by molar-refractivity contribution is 7.99. The lowest BCUT2D eigenvalue weighted by Gasteiger charge is -2.31. The van der Waals surface area contributed by atoms with Crippen LogP contribution in [0.3, 0.4) is 0 Å². The van der Waals surface area contributed by atoms with Gasteiger partial charge in [-0.1, -0.05) is 78.9 Å². The van der Waals surface area contributed by atoms with Crippen LogP contribution in [0.4, 0.5) is 0 Å². The molecule has 0 heterocycles. The summed E-state index contributed by atoms with van der Waals surface area (Å²) in [6, 6.07) is 15.5. The third kappa shape index (κ3) is 7.28. The predicted molar refractivity (Wildman–Crippen MR) is 134 cm³/mol. The highest BCUT2D eigenvalue weighted by Crippen LogP contribution is 2.22. The Balaban J connectivity index is 1.66. The molecular formula is C26H33ClN2O2S. The van der Waals surface area contributed by atoms with Gasteiger partial charge in [-0.2, -0.15) is 0 Å². The molecule has 0 aliphatic heterocycles. The van der Waals surface area contributed by atoms with Gasteiger partial charge in [0.1, 0.15) is 6.04 Å². The number of nitrogens with zero attached hydrogens (tertiary/aromatic N) is 1. The molecule has 0 spiro atoms. The van der Waals surface area contributed by atoms with Crippen molar-refractivity contribution in [3.05, 3.63) is 70.2 Å². The molecule has 32 heavy (non-hydrogen) atoms. The van der Waals surface area contributed by atoms with E-state index in [2.05, 4.69) is 11.4 Å². The molecule has 1 aliphatic carbocycles. The fourth-order valence-corrected chi connectivity index (χ4v) is 5.30. The Labute approximate surface area is 201 Å². The number of nitrogens with one attached hydrogen (secondary N) is 1. The minimum absolute atomic E-state index is 0.0325. The Hall–Kier alpha value is -1.98. The van der Waals surface area contributed by atoms with Crippen molar-refractivity contribution in [3.8, 4) is 0 Å². The van der Waals surface area contributed by atoms with Crippen LogP contribution in [0.1, 0.15) is 55.7 Å². The smallest absolute Gasteiger partial charge is 0.242 e. The van der Waals surface area contributed by atoms with E-state index in [-0.39, 0.29) is 17.9 Å². The van der Waals surface area contributed by atoms with Crippen molar-refractivity contribution in [2.75, 3.05) is 5.75 Å². The Kier molecular flexibility index (Phi) is 9.49. The summed E-state index contributed by atoms with van der Waals surface area (Å²) in [6.45, 7) is 4.30. The molecule has 6 heteroatoms. The number of aryl methyl sites for hydroxylation is 1. The molecule has 0 aromatic heterocycles. The number of halogens is 1. The molecule has 1 fully saturated rings. The minimum atomic E-state index is -0.522.